The fourth-order valence-electron chi connectivity index (χ4n) is 3.64. The lowest BCUT2D eigenvalue weighted by Crippen LogP contribution is -2.68. The average molecular weight is 385 g/mol. The maximum atomic E-state index is 13.3. The summed E-state index contributed by atoms with van der Waals surface area (Å²) in [6.45, 7) is 3.99. The van der Waals surface area contributed by atoms with Gasteiger partial charge in [-0.05, 0) is 12.1 Å². The molecule has 3 amide bonds. The Bertz CT molecular complexity index is 956. The van der Waals surface area contributed by atoms with E-state index in [9.17, 15) is 14.4 Å². The fraction of sp³-hybridized carbons (Fsp3) is 0.389. The van der Waals surface area contributed by atoms with Crippen molar-refractivity contribution >= 4 is 39.9 Å². The van der Waals surface area contributed by atoms with E-state index < -0.39 is 11.6 Å². The molecule has 1 saturated heterocycles. The van der Waals surface area contributed by atoms with Gasteiger partial charge in [-0.25, -0.2) is 0 Å². The van der Waals surface area contributed by atoms with E-state index >= 15 is 0 Å². The van der Waals surface area contributed by atoms with E-state index in [0.717, 1.165) is 5.01 Å². The minimum atomic E-state index is -1.40. The summed E-state index contributed by atoms with van der Waals surface area (Å²) in [6.07, 6.45) is 0.414. The van der Waals surface area contributed by atoms with Gasteiger partial charge in [0.2, 0.25) is 16.7 Å². The third-order valence-corrected chi connectivity index (χ3v) is 6.20. The van der Waals surface area contributed by atoms with E-state index in [4.69, 9.17) is 0 Å². The number of hydrogen-bond acceptors (Lipinski definition) is 6. The lowest BCUT2D eigenvalue weighted by molar-refractivity contribution is -0.128. The highest BCUT2D eigenvalue weighted by atomic mass is 32.1. The zero-order valence-electron chi connectivity index (χ0n) is 15.2. The molecule has 9 heteroatoms. The highest BCUT2D eigenvalue weighted by Gasteiger charge is 2.59. The van der Waals surface area contributed by atoms with Crippen LogP contribution in [0, 0.1) is 0 Å². The van der Waals surface area contributed by atoms with Gasteiger partial charge in [-0.1, -0.05) is 37.3 Å². The Morgan fingerprint density at radius 2 is 2.00 bits per heavy atom. The Hall–Kier alpha value is -2.81. The molecule has 8 nitrogen and oxygen atoms in total. The summed E-state index contributed by atoms with van der Waals surface area (Å²) in [6, 6.07) is 6.87. The van der Waals surface area contributed by atoms with Crippen LogP contribution in [0.4, 0.5) is 10.8 Å². The van der Waals surface area contributed by atoms with Gasteiger partial charge >= 0.3 is 0 Å². The van der Waals surface area contributed by atoms with Crippen molar-refractivity contribution in [2.75, 3.05) is 17.3 Å². The van der Waals surface area contributed by atoms with Gasteiger partial charge in [0.25, 0.3) is 11.8 Å². The van der Waals surface area contributed by atoms with E-state index in [2.05, 4.69) is 15.5 Å². The summed E-state index contributed by atoms with van der Waals surface area (Å²) < 4.78 is 0. The Morgan fingerprint density at radius 1 is 1.26 bits per heavy atom. The Labute approximate surface area is 160 Å². The van der Waals surface area contributed by atoms with Crippen LogP contribution in [0.25, 0.3) is 0 Å². The van der Waals surface area contributed by atoms with Crippen LogP contribution in [0.1, 0.15) is 48.0 Å². The molecule has 2 aromatic rings. The number of fused-ring (bicyclic) bond motifs is 3. The van der Waals surface area contributed by atoms with Gasteiger partial charge in [0.05, 0.1) is 11.3 Å². The van der Waals surface area contributed by atoms with E-state index in [1.807, 2.05) is 13.8 Å². The van der Waals surface area contributed by atoms with Crippen molar-refractivity contribution in [2.45, 2.75) is 38.3 Å². The molecule has 2 aliphatic heterocycles. The number of rotatable bonds is 3. The minimum absolute atomic E-state index is 0.183. The van der Waals surface area contributed by atoms with Gasteiger partial charge in [-0.15, -0.1) is 10.2 Å². The largest absolute Gasteiger partial charge is 0.310 e. The zero-order valence-corrected chi connectivity index (χ0v) is 16.0. The van der Waals surface area contributed by atoms with Crippen LogP contribution in [0.2, 0.25) is 0 Å². The number of likely N-dealkylation sites (N-methyl/N-ethyl adjacent to an activating group) is 1. The molecule has 1 atom stereocenters. The predicted molar refractivity (Wildman–Crippen MR) is 101 cm³/mol. The van der Waals surface area contributed by atoms with Gasteiger partial charge in [0.1, 0.15) is 5.01 Å². The van der Waals surface area contributed by atoms with Crippen LogP contribution in [0.3, 0.4) is 0 Å². The van der Waals surface area contributed by atoms with Crippen LogP contribution in [-0.2, 0) is 9.59 Å². The summed E-state index contributed by atoms with van der Waals surface area (Å²) in [7, 11) is 1.56. The lowest BCUT2D eigenvalue weighted by Gasteiger charge is -2.47. The molecular formula is C18H19N5O3S. The monoisotopic (exact) mass is 385 g/mol. The SMILES string of the molecule is CC(C)c1nnc(NC(=O)C23CCC(=O)N2c2ccccc2C(=O)N3C)s1. The van der Waals surface area contributed by atoms with Crippen LogP contribution in [0.15, 0.2) is 24.3 Å². The number of nitrogens with one attached hydrogen (secondary N) is 1. The number of benzene rings is 1. The van der Waals surface area contributed by atoms with Crippen LogP contribution < -0.4 is 10.2 Å². The highest BCUT2D eigenvalue weighted by molar-refractivity contribution is 7.15. The van der Waals surface area contributed by atoms with Crippen molar-refractivity contribution in [1.29, 1.82) is 0 Å². The molecule has 2 aliphatic rings. The van der Waals surface area contributed by atoms with Crippen LogP contribution in [-0.4, -0.2) is 45.5 Å². The lowest BCUT2D eigenvalue weighted by atomic mass is 9.96. The topological polar surface area (TPSA) is 95.5 Å². The summed E-state index contributed by atoms with van der Waals surface area (Å²) >= 11 is 1.29. The van der Waals surface area contributed by atoms with Crippen LogP contribution in [0.5, 0.6) is 0 Å². The number of para-hydroxylation sites is 1. The van der Waals surface area contributed by atoms with E-state index in [1.165, 1.54) is 21.1 Å². The summed E-state index contributed by atoms with van der Waals surface area (Å²) in [4.78, 5) is 41.7. The first kappa shape index (κ1) is 17.6. The molecule has 0 radical (unpaired) electrons. The minimum Gasteiger partial charge on any atom is -0.310 e. The second kappa shape index (κ2) is 6.12. The molecule has 0 aliphatic carbocycles. The maximum Gasteiger partial charge on any atom is 0.273 e. The molecule has 4 rings (SSSR count). The first-order valence-corrected chi connectivity index (χ1v) is 9.53. The third-order valence-electron chi connectivity index (χ3n) is 5.06. The molecule has 1 aromatic heterocycles. The quantitative estimate of drug-likeness (QED) is 0.874. The number of amides is 3. The van der Waals surface area contributed by atoms with Gasteiger partial charge in [-0.2, -0.15) is 0 Å². The van der Waals surface area contributed by atoms with Gasteiger partial charge < -0.3 is 4.90 Å². The van der Waals surface area contributed by atoms with Gasteiger partial charge in [0, 0.05) is 25.8 Å². The molecule has 140 valence electrons. The Balaban J connectivity index is 1.76. The van der Waals surface area contributed by atoms with Gasteiger partial charge in [-0.3, -0.25) is 24.6 Å². The number of aromatic nitrogens is 2. The van der Waals surface area contributed by atoms with Crippen molar-refractivity contribution in [1.82, 2.24) is 15.1 Å². The van der Waals surface area contributed by atoms with E-state index in [0.29, 0.717) is 16.4 Å². The smallest absolute Gasteiger partial charge is 0.273 e. The van der Waals surface area contributed by atoms with Crippen molar-refractivity contribution in [3.63, 3.8) is 0 Å². The zero-order chi connectivity index (χ0) is 19.3. The van der Waals surface area contributed by atoms with Gasteiger partial charge in [0.15, 0.2) is 0 Å². The average Bonchev–Trinajstić information content (AvgIpc) is 3.25. The first-order valence-electron chi connectivity index (χ1n) is 8.71. The van der Waals surface area contributed by atoms with Crippen molar-refractivity contribution in [3.05, 3.63) is 34.8 Å². The van der Waals surface area contributed by atoms with Crippen molar-refractivity contribution < 1.29 is 14.4 Å². The number of anilines is 2. The second-order valence-electron chi connectivity index (χ2n) is 6.98. The normalized spacial score (nSPS) is 21.5. The number of hydrogen-bond donors (Lipinski definition) is 1. The maximum absolute atomic E-state index is 13.3. The molecular weight excluding hydrogens is 366 g/mol. The van der Waals surface area contributed by atoms with Crippen molar-refractivity contribution in [2.24, 2.45) is 0 Å². The fourth-order valence-corrected chi connectivity index (χ4v) is 4.38. The van der Waals surface area contributed by atoms with Crippen LogP contribution >= 0.6 is 11.3 Å². The Morgan fingerprint density at radius 3 is 2.70 bits per heavy atom. The first-order chi connectivity index (χ1) is 12.9. The molecule has 1 unspecified atom stereocenters. The molecule has 0 spiro atoms. The molecule has 3 heterocycles. The highest BCUT2D eigenvalue weighted by Crippen LogP contribution is 2.44. The van der Waals surface area contributed by atoms with Crippen molar-refractivity contribution in [3.8, 4) is 0 Å². The summed E-state index contributed by atoms with van der Waals surface area (Å²) in [5.74, 6) is -0.726. The number of nitrogens with zero attached hydrogens (tertiary/aromatic N) is 4. The standard InChI is InChI=1S/C18H19N5O3S/c1-10(2)14-20-21-17(27-14)19-16(26)18-9-8-13(24)23(18)12-7-5-4-6-11(12)15(25)22(18)3/h4-7,10H,8-9H2,1-3H3,(H,19,21,26). The third kappa shape index (κ3) is 2.45. The molecule has 27 heavy (non-hydrogen) atoms. The summed E-state index contributed by atoms with van der Waals surface area (Å²) in [5, 5.41) is 12.0. The molecule has 0 bridgehead atoms. The molecule has 1 fully saturated rings. The molecule has 1 aromatic carbocycles. The predicted octanol–water partition coefficient (Wildman–Crippen LogP) is 2.21. The number of carbonyl (C=O) groups excluding carboxylic acids is 3. The van der Waals surface area contributed by atoms with E-state index in [1.54, 1.807) is 31.3 Å². The molecule has 1 N–H and O–H groups in total. The summed E-state index contributed by atoms with van der Waals surface area (Å²) in [5.41, 5.74) is -0.512. The number of carbonyl (C=O) groups is 3. The van der Waals surface area contributed by atoms with E-state index in [-0.39, 0.29) is 30.6 Å². The second-order valence-corrected chi connectivity index (χ2v) is 7.99. The molecule has 0 saturated carbocycles. The Kier molecular flexibility index (Phi) is 3.99.